The number of pyridine rings is 1. The summed E-state index contributed by atoms with van der Waals surface area (Å²) in [5.41, 5.74) is 7.75. The minimum atomic E-state index is 0.232. The Balaban J connectivity index is 2.26. The number of hydrogen-bond acceptors (Lipinski definition) is 4. The Labute approximate surface area is 107 Å². The van der Waals surface area contributed by atoms with Crippen LogP contribution < -0.4 is 11.1 Å². The molecule has 4 nitrogen and oxygen atoms in total. The quantitative estimate of drug-likeness (QED) is 0.707. The highest BCUT2D eigenvalue weighted by Crippen LogP contribution is 2.28. The Morgan fingerprint density at radius 3 is 2.94 bits per heavy atom. The van der Waals surface area contributed by atoms with Crippen LogP contribution in [0.25, 0.3) is 10.8 Å². The third kappa shape index (κ3) is 2.71. The van der Waals surface area contributed by atoms with Gasteiger partial charge in [0.2, 0.25) is 0 Å². The Morgan fingerprint density at radius 1 is 1.33 bits per heavy atom. The largest absolute Gasteiger partial charge is 0.398 e. The molecular formula is C14H19N3O. The number of anilines is 2. The Kier molecular flexibility index (Phi) is 3.99. The zero-order chi connectivity index (χ0) is 13.0. The molecule has 1 unspecified atom stereocenters. The molecule has 2 aromatic rings. The minimum absolute atomic E-state index is 0.232. The molecule has 0 aliphatic carbocycles. The van der Waals surface area contributed by atoms with Crippen LogP contribution in [0.2, 0.25) is 0 Å². The normalized spacial score (nSPS) is 12.6. The molecule has 2 rings (SSSR count). The van der Waals surface area contributed by atoms with Crippen LogP contribution in [0.1, 0.15) is 19.8 Å². The number of benzene rings is 1. The van der Waals surface area contributed by atoms with Crippen molar-refractivity contribution in [3.05, 3.63) is 30.6 Å². The molecule has 4 N–H and O–H groups in total. The molecule has 0 bridgehead atoms. The van der Waals surface area contributed by atoms with Gasteiger partial charge < -0.3 is 16.2 Å². The SMILES string of the molecule is CC(CCCO)Nc1ccc(N)c2ccncc12. The number of hydrogen-bond donors (Lipinski definition) is 3. The van der Waals surface area contributed by atoms with Crippen LogP contribution in [0.3, 0.4) is 0 Å². The molecule has 4 heteroatoms. The average Bonchev–Trinajstić information content (AvgIpc) is 2.40. The van der Waals surface area contributed by atoms with Gasteiger partial charge in [-0.25, -0.2) is 0 Å². The van der Waals surface area contributed by atoms with Crippen molar-refractivity contribution < 1.29 is 5.11 Å². The summed E-state index contributed by atoms with van der Waals surface area (Å²) in [5, 5.41) is 14.3. The number of nitrogen functional groups attached to an aromatic ring is 1. The number of fused-ring (bicyclic) bond motifs is 1. The lowest BCUT2D eigenvalue weighted by atomic mass is 10.1. The average molecular weight is 245 g/mol. The van der Waals surface area contributed by atoms with E-state index in [0.29, 0.717) is 6.04 Å². The summed E-state index contributed by atoms with van der Waals surface area (Å²) in [6.45, 7) is 2.34. The van der Waals surface area contributed by atoms with Crippen LogP contribution in [-0.4, -0.2) is 22.7 Å². The molecule has 0 saturated carbocycles. The maximum absolute atomic E-state index is 8.84. The van der Waals surface area contributed by atoms with Crippen LogP contribution in [0.15, 0.2) is 30.6 Å². The number of nitrogens with one attached hydrogen (secondary N) is 1. The van der Waals surface area contributed by atoms with Gasteiger partial charge in [0.1, 0.15) is 0 Å². The van der Waals surface area contributed by atoms with E-state index in [1.165, 1.54) is 0 Å². The van der Waals surface area contributed by atoms with Crippen LogP contribution >= 0.6 is 0 Å². The van der Waals surface area contributed by atoms with E-state index >= 15 is 0 Å². The number of aromatic nitrogens is 1. The zero-order valence-electron chi connectivity index (χ0n) is 10.6. The maximum Gasteiger partial charge on any atom is 0.0439 e. The lowest BCUT2D eigenvalue weighted by molar-refractivity contribution is 0.282. The van der Waals surface area contributed by atoms with E-state index in [0.717, 1.165) is 35.0 Å². The van der Waals surface area contributed by atoms with Gasteiger partial charge in [-0.2, -0.15) is 0 Å². The van der Waals surface area contributed by atoms with Crippen molar-refractivity contribution in [3.8, 4) is 0 Å². The van der Waals surface area contributed by atoms with Gasteiger partial charge in [-0.1, -0.05) is 0 Å². The molecule has 0 saturated heterocycles. The van der Waals surface area contributed by atoms with E-state index in [2.05, 4.69) is 17.2 Å². The summed E-state index contributed by atoms with van der Waals surface area (Å²) in [6, 6.07) is 6.12. The van der Waals surface area contributed by atoms with Crippen molar-refractivity contribution in [1.82, 2.24) is 4.98 Å². The summed E-state index contributed by atoms with van der Waals surface area (Å²) < 4.78 is 0. The lowest BCUT2D eigenvalue weighted by Gasteiger charge is -2.17. The molecule has 0 fully saturated rings. The fraction of sp³-hybridized carbons (Fsp3) is 0.357. The standard InChI is InChI=1S/C14H19N3O/c1-10(3-2-8-18)17-14-5-4-13(15)11-6-7-16-9-12(11)14/h4-7,9-10,17-18H,2-3,8,15H2,1H3. The van der Waals surface area contributed by atoms with E-state index < -0.39 is 0 Å². The van der Waals surface area contributed by atoms with Crippen LogP contribution in [0, 0.1) is 0 Å². The highest BCUT2D eigenvalue weighted by atomic mass is 16.2. The van der Waals surface area contributed by atoms with Crippen molar-refractivity contribution in [2.75, 3.05) is 17.7 Å². The molecule has 1 aromatic carbocycles. The zero-order valence-corrected chi connectivity index (χ0v) is 10.6. The number of aliphatic hydroxyl groups excluding tert-OH is 1. The molecule has 1 atom stereocenters. The molecule has 0 spiro atoms. The van der Waals surface area contributed by atoms with Crippen LogP contribution in [-0.2, 0) is 0 Å². The van der Waals surface area contributed by atoms with Crippen molar-refractivity contribution in [2.45, 2.75) is 25.8 Å². The van der Waals surface area contributed by atoms with Gasteiger partial charge in [-0.15, -0.1) is 0 Å². The topological polar surface area (TPSA) is 71.2 Å². The van der Waals surface area contributed by atoms with Crippen molar-refractivity contribution in [1.29, 1.82) is 0 Å². The van der Waals surface area contributed by atoms with E-state index in [1.54, 1.807) is 6.20 Å². The highest BCUT2D eigenvalue weighted by Gasteiger charge is 2.07. The summed E-state index contributed by atoms with van der Waals surface area (Å²) in [7, 11) is 0. The number of rotatable bonds is 5. The smallest absolute Gasteiger partial charge is 0.0439 e. The molecular weight excluding hydrogens is 226 g/mol. The first-order valence-electron chi connectivity index (χ1n) is 6.22. The molecule has 0 aliphatic heterocycles. The predicted molar refractivity (Wildman–Crippen MR) is 75.6 cm³/mol. The second kappa shape index (κ2) is 5.69. The van der Waals surface area contributed by atoms with Gasteiger partial charge in [0.15, 0.2) is 0 Å². The second-order valence-electron chi connectivity index (χ2n) is 4.53. The maximum atomic E-state index is 8.84. The first kappa shape index (κ1) is 12.6. The second-order valence-corrected chi connectivity index (χ2v) is 4.53. The van der Waals surface area contributed by atoms with Gasteiger partial charge in [0.05, 0.1) is 0 Å². The third-order valence-corrected chi connectivity index (χ3v) is 3.05. The molecule has 18 heavy (non-hydrogen) atoms. The molecule has 96 valence electrons. The summed E-state index contributed by atoms with van der Waals surface area (Å²) >= 11 is 0. The molecule has 0 aliphatic rings. The summed E-state index contributed by atoms with van der Waals surface area (Å²) in [5.74, 6) is 0. The first-order chi connectivity index (χ1) is 8.72. The van der Waals surface area contributed by atoms with E-state index in [1.807, 2.05) is 24.4 Å². The van der Waals surface area contributed by atoms with Gasteiger partial charge >= 0.3 is 0 Å². The predicted octanol–water partition coefficient (Wildman–Crippen LogP) is 2.39. The van der Waals surface area contributed by atoms with E-state index in [9.17, 15) is 0 Å². The van der Waals surface area contributed by atoms with Gasteiger partial charge in [0.25, 0.3) is 0 Å². The number of nitrogens with two attached hydrogens (primary N) is 1. The Morgan fingerprint density at radius 2 is 2.17 bits per heavy atom. The monoisotopic (exact) mass is 245 g/mol. The third-order valence-electron chi connectivity index (χ3n) is 3.05. The Bertz CT molecular complexity index is 527. The molecule has 1 heterocycles. The van der Waals surface area contributed by atoms with Crippen molar-refractivity contribution >= 4 is 22.1 Å². The van der Waals surface area contributed by atoms with E-state index in [4.69, 9.17) is 10.8 Å². The summed E-state index contributed by atoms with van der Waals surface area (Å²) in [6.07, 6.45) is 5.31. The van der Waals surface area contributed by atoms with Crippen LogP contribution in [0.5, 0.6) is 0 Å². The summed E-state index contributed by atoms with van der Waals surface area (Å²) in [4.78, 5) is 4.15. The number of nitrogens with zero attached hydrogens (tertiary/aromatic N) is 1. The van der Waals surface area contributed by atoms with Crippen molar-refractivity contribution in [3.63, 3.8) is 0 Å². The highest BCUT2D eigenvalue weighted by molar-refractivity contribution is 6.00. The van der Waals surface area contributed by atoms with Crippen molar-refractivity contribution in [2.24, 2.45) is 0 Å². The Hall–Kier alpha value is -1.81. The fourth-order valence-corrected chi connectivity index (χ4v) is 2.07. The first-order valence-corrected chi connectivity index (χ1v) is 6.22. The minimum Gasteiger partial charge on any atom is -0.398 e. The molecule has 1 aromatic heterocycles. The van der Waals surface area contributed by atoms with E-state index in [-0.39, 0.29) is 6.61 Å². The molecule has 0 amide bonds. The lowest BCUT2D eigenvalue weighted by Crippen LogP contribution is -2.15. The molecule has 0 radical (unpaired) electrons. The number of aliphatic hydroxyl groups is 1. The fourth-order valence-electron chi connectivity index (χ4n) is 2.07. The van der Waals surface area contributed by atoms with Crippen LogP contribution in [0.4, 0.5) is 11.4 Å². The van der Waals surface area contributed by atoms with Gasteiger partial charge in [-0.3, -0.25) is 4.98 Å². The van der Waals surface area contributed by atoms with Gasteiger partial charge in [0, 0.05) is 47.2 Å². The van der Waals surface area contributed by atoms with Gasteiger partial charge in [-0.05, 0) is 38.0 Å².